The first-order valence-electron chi connectivity index (χ1n) is 28.1. The number of unbranched alkanes of at least 4 members (excludes halogenated alkanes) is 9. The average molecular weight is 1100 g/mol. The number of hydrogen-bond donors (Lipinski definition) is 6. The quantitative estimate of drug-likeness (QED) is 0.0451. The molecule has 0 saturated carbocycles. The van der Waals surface area contributed by atoms with E-state index < -0.39 is 24.1 Å². The minimum absolute atomic E-state index is 0.0193. The molecule has 0 aromatic carbocycles. The van der Waals surface area contributed by atoms with Crippen LogP contribution in [0.15, 0.2) is 0 Å². The first-order valence-corrected chi connectivity index (χ1v) is 29.1. The smallest absolute Gasteiger partial charge is 0.315 e. The van der Waals surface area contributed by atoms with Gasteiger partial charge in [-0.1, -0.05) is 44.9 Å². The number of aliphatic hydroxyl groups is 1. The number of likely N-dealkylation sites (N-methyl/N-ethyl adjacent to an activating group) is 2. The fraction of sp³-hybridized carbons (Fsp3) is 0.784. The van der Waals surface area contributed by atoms with Crippen LogP contribution in [0, 0.1) is 0 Å². The molecule has 1 aromatic rings. The summed E-state index contributed by atoms with van der Waals surface area (Å²) in [6, 6.07) is -1.45. The molecule has 7 N–H and O–H groups in total. The number of piperazine rings is 4. The zero-order valence-corrected chi connectivity index (χ0v) is 46.3. The van der Waals surface area contributed by atoms with E-state index in [0.717, 1.165) is 82.8 Å². The van der Waals surface area contributed by atoms with Gasteiger partial charge >= 0.3 is 6.03 Å². The summed E-state index contributed by atoms with van der Waals surface area (Å²) in [5.41, 5.74) is 5.66. The Bertz CT molecular complexity index is 2210. The molecule has 6 aliphatic heterocycles. The van der Waals surface area contributed by atoms with Gasteiger partial charge in [-0.3, -0.25) is 33.6 Å². The van der Waals surface area contributed by atoms with Crippen LogP contribution >= 0.6 is 11.8 Å². The summed E-state index contributed by atoms with van der Waals surface area (Å²) in [5, 5.41) is 23.1. The summed E-state index contributed by atoms with van der Waals surface area (Å²) >= 11 is 1.90. The molecule has 0 unspecified atom stereocenters. The van der Waals surface area contributed by atoms with Crippen molar-refractivity contribution in [3.8, 4) is 0 Å². The topological polar surface area (TPSA) is 296 Å². The summed E-state index contributed by atoms with van der Waals surface area (Å²) < 4.78 is 0. The molecule has 0 radical (unpaired) electrons. The molecule has 6 fully saturated rings. The fourth-order valence-corrected chi connectivity index (χ4v) is 12.6. The van der Waals surface area contributed by atoms with E-state index in [1.54, 1.807) is 11.9 Å². The minimum Gasteiger partial charge on any atom is -0.391 e. The van der Waals surface area contributed by atoms with Gasteiger partial charge in [-0.05, 0) is 58.4 Å². The van der Waals surface area contributed by atoms with E-state index in [1.165, 1.54) is 33.6 Å². The van der Waals surface area contributed by atoms with E-state index >= 15 is 0 Å². The Morgan fingerprint density at radius 1 is 0.714 bits per heavy atom. The van der Waals surface area contributed by atoms with Crippen LogP contribution in [0.4, 0.5) is 22.6 Å². The van der Waals surface area contributed by atoms with Gasteiger partial charge in [0.2, 0.25) is 59.2 Å². The highest BCUT2D eigenvalue weighted by atomic mass is 32.2. The second kappa shape index (κ2) is 28.7. The van der Waals surface area contributed by atoms with Gasteiger partial charge < -0.3 is 71.3 Å². The van der Waals surface area contributed by atoms with Gasteiger partial charge in [0.15, 0.2) is 0 Å². The number of carbonyl (C=O) groups excluding carboxylic acids is 8. The Morgan fingerprint density at radius 2 is 1.34 bits per heavy atom. The summed E-state index contributed by atoms with van der Waals surface area (Å²) in [6.07, 6.45) is 12.0. The number of nitrogens with two attached hydrogens (primary N) is 1. The number of urea groups is 1. The number of nitrogens with one attached hydrogen (secondary N) is 4. The molecular formula is C51H84N16O9S. The number of aromatic nitrogens is 3. The van der Waals surface area contributed by atoms with E-state index in [4.69, 9.17) is 20.7 Å². The number of carbonyl (C=O) groups is 8. The number of hydrogen-bond acceptors (Lipinski definition) is 17. The van der Waals surface area contributed by atoms with Crippen LogP contribution < -0.4 is 36.8 Å². The molecule has 6 atom stereocenters. The van der Waals surface area contributed by atoms with Crippen LogP contribution in [-0.4, -0.2) is 250 Å². The van der Waals surface area contributed by atoms with Crippen molar-refractivity contribution in [1.82, 2.24) is 60.3 Å². The van der Waals surface area contributed by atoms with Crippen molar-refractivity contribution in [3.05, 3.63) is 0 Å². The molecular weight excluding hydrogens is 1010 g/mol. The highest BCUT2D eigenvalue weighted by Crippen LogP contribution is 2.33. The summed E-state index contributed by atoms with van der Waals surface area (Å²) in [7, 11) is 3.08. The Labute approximate surface area is 456 Å². The van der Waals surface area contributed by atoms with Gasteiger partial charge in [-0.15, -0.1) is 0 Å². The molecule has 9 amide bonds. The number of fused-ring (bicyclic) bond motifs is 1. The lowest BCUT2D eigenvalue weighted by Crippen LogP contribution is -2.63. The van der Waals surface area contributed by atoms with Crippen LogP contribution in [0.2, 0.25) is 0 Å². The van der Waals surface area contributed by atoms with Crippen LogP contribution in [0.3, 0.4) is 0 Å². The third kappa shape index (κ3) is 16.2. The number of aliphatic hydroxyl groups excluding tert-OH is 1. The second-order valence-electron chi connectivity index (χ2n) is 21.4. The van der Waals surface area contributed by atoms with Crippen molar-refractivity contribution < 1.29 is 43.5 Å². The standard InChI is InChI=1S/C51H84N16O9S/c1-35(68)45-47(75)66(31-41(71)61(45)3)32-42(72)63-24-28-65(29-25-63)50-58-48(54-21-15-12-17-38-44-36(34-77-38)55-51(76)56-44)57-49(59-50)64-26-22-62(23-27-64)39(69)18-10-8-6-4-5-7-9-14-20-53-46(74)37(16-11-13-19-52)67-33-40(70)60(2)30-43(67)73/h35-38,44-45,68H,4-34,52H2,1-3H3,(H,53,74)(H2,55,56,76)(H,54,57,58,59)/t35-,36+,37+,38+,44+,45+/m1/s1. The molecule has 6 aliphatic rings. The van der Waals surface area contributed by atoms with E-state index in [9.17, 15) is 43.5 Å². The molecule has 1 aromatic heterocycles. The van der Waals surface area contributed by atoms with Gasteiger partial charge in [0, 0.05) is 97.0 Å². The normalized spacial score (nSPS) is 22.8. The molecule has 7 rings (SSSR count). The van der Waals surface area contributed by atoms with E-state index in [-0.39, 0.29) is 79.7 Å². The highest BCUT2D eigenvalue weighted by Gasteiger charge is 2.43. The lowest BCUT2D eigenvalue weighted by atomic mass is 10.0. The summed E-state index contributed by atoms with van der Waals surface area (Å²) in [4.78, 5) is 130. The van der Waals surface area contributed by atoms with Crippen LogP contribution in [0.5, 0.6) is 0 Å². The first kappa shape index (κ1) is 58.9. The lowest BCUT2D eigenvalue weighted by molar-refractivity contribution is -0.160. The Balaban J connectivity index is 0.819. The monoisotopic (exact) mass is 1100 g/mol. The third-order valence-electron chi connectivity index (χ3n) is 15.7. The van der Waals surface area contributed by atoms with Crippen molar-refractivity contribution in [2.75, 3.05) is 133 Å². The second-order valence-corrected chi connectivity index (χ2v) is 22.6. The maximum absolute atomic E-state index is 13.5. The summed E-state index contributed by atoms with van der Waals surface area (Å²) in [5.74, 6) is 0.816. The van der Waals surface area contributed by atoms with Crippen molar-refractivity contribution >= 4 is 77.0 Å². The minimum atomic E-state index is -1.08. The Hall–Kier alpha value is -5.76. The largest absolute Gasteiger partial charge is 0.391 e. The van der Waals surface area contributed by atoms with Gasteiger partial charge in [0.1, 0.15) is 31.7 Å². The summed E-state index contributed by atoms with van der Waals surface area (Å²) in [6.45, 7) is 6.31. The zero-order chi connectivity index (χ0) is 55.0. The van der Waals surface area contributed by atoms with Crippen LogP contribution in [-0.2, 0) is 33.6 Å². The maximum atomic E-state index is 13.5. The lowest BCUT2D eigenvalue weighted by Gasteiger charge is -2.40. The first-order chi connectivity index (χ1) is 37.1. The molecule has 0 bridgehead atoms. The number of thioether (sulfide) groups is 1. The predicted molar refractivity (Wildman–Crippen MR) is 291 cm³/mol. The van der Waals surface area contributed by atoms with E-state index in [2.05, 4.69) is 26.2 Å². The van der Waals surface area contributed by atoms with Gasteiger partial charge in [0.25, 0.3) is 0 Å². The number of rotatable bonds is 28. The molecule has 26 heteroatoms. The molecule has 428 valence electrons. The number of anilines is 3. The van der Waals surface area contributed by atoms with Crippen molar-refractivity contribution in [1.29, 1.82) is 0 Å². The molecule has 77 heavy (non-hydrogen) atoms. The van der Waals surface area contributed by atoms with Crippen molar-refractivity contribution in [2.24, 2.45) is 5.73 Å². The van der Waals surface area contributed by atoms with Gasteiger partial charge in [-0.2, -0.15) is 26.7 Å². The SMILES string of the molecule is C[C@@H](O)[C@H]1C(=O)N(CC(=O)N2CCN(c3nc(NCCCC[C@@H]4SC[C@@H]5NC(=O)N[C@@H]54)nc(N4CCN(C(=O)CCCCCCCCCCNC(=O)[C@H](CCCCN)N5CC(=O)N(C)CC5=O)CC4)n3)CC2)CC(=O)N1C. The Morgan fingerprint density at radius 3 is 1.99 bits per heavy atom. The number of nitrogens with zero attached hydrogens (tertiary/aromatic N) is 11. The van der Waals surface area contributed by atoms with Gasteiger partial charge in [-0.25, -0.2) is 4.79 Å². The van der Waals surface area contributed by atoms with Crippen LogP contribution in [0.25, 0.3) is 0 Å². The zero-order valence-electron chi connectivity index (χ0n) is 45.5. The molecule has 0 aliphatic carbocycles. The van der Waals surface area contributed by atoms with E-state index in [1.807, 2.05) is 21.6 Å². The molecule has 7 heterocycles. The average Bonchev–Trinajstić information content (AvgIpc) is 3.98. The molecule has 0 spiro atoms. The van der Waals surface area contributed by atoms with Crippen molar-refractivity contribution in [2.45, 2.75) is 139 Å². The van der Waals surface area contributed by atoms with Crippen molar-refractivity contribution in [3.63, 3.8) is 0 Å². The highest BCUT2D eigenvalue weighted by molar-refractivity contribution is 8.00. The molecule has 25 nitrogen and oxygen atoms in total. The maximum Gasteiger partial charge on any atom is 0.315 e. The molecule has 6 saturated heterocycles. The van der Waals surface area contributed by atoms with Gasteiger partial charge in [0.05, 0.1) is 24.7 Å². The fourth-order valence-electron chi connectivity index (χ4n) is 11.0. The number of amides is 9. The van der Waals surface area contributed by atoms with Crippen LogP contribution in [0.1, 0.15) is 103 Å². The Kier molecular flexibility index (Phi) is 22.0. The predicted octanol–water partition coefficient (Wildman–Crippen LogP) is -0.608. The van der Waals surface area contributed by atoms with E-state index in [0.29, 0.717) is 114 Å². The third-order valence-corrected chi connectivity index (χ3v) is 17.2.